The predicted octanol–water partition coefficient (Wildman–Crippen LogP) is 3.67. The number of piperidine rings is 1. The Morgan fingerprint density at radius 3 is 2.30 bits per heavy atom. The third-order valence-corrected chi connectivity index (χ3v) is 6.00. The van der Waals surface area contributed by atoms with Crippen LogP contribution in [0.25, 0.3) is 0 Å². The van der Waals surface area contributed by atoms with Crippen LogP contribution in [-0.4, -0.2) is 34.1 Å². The van der Waals surface area contributed by atoms with Gasteiger partial charge in [0, 0.05) is 24.5 Å². The van der Waals surface area contributed by atoms with Crippen molar-refractivity contribution in [2.45, 2.75) is 89.3 Å². The standard InChI is InChI=1S/C17H29NO2/c1-12-3-2-4-14(6-5-12)18-15-7-8-16(18)10-13(9-15)11-17(19)20/h12-16H,2-11H2,1H3,(H,19,20). The van der Waals surface area contributed by atoms with E-state index in [1.165, 1.54) is 44.9 Å². The highest BCUT2D eigenvalue weighted by molar-refractivity contribution is 5.67. The predicted molar refractivity (Wildman–Crippen MR) is 79.7 cm³/mol. The van der Waals surface area contributed by atoms with Crippen molar-refractivity contribution in [3.05, 3.63) is 0 Å². The minimum absolute atomic E-state index is 0.391. The van der Waals surface area contributed by atoms with E-state index in [4.69, 9.17) is 5.11 Å². The first-order chi connectivity index (χ1) is 9.63. The van der Waals surface area contributed by atoms with Gasteiger partial charge >= 0.3 is 5.97 Å². The van der Waals surface area contributed by atoms with Gasteiger partial charge in [0.05, 0.1) is 0 Å². The van der Waals surface area contributed by atoms with Crippen LogP contribution in [0.15, 0.2) is 0 Å². The highest BCUT2D eigenvalue weighted by Crippen LogP contribution is 2.43. The van der Waals surface area contributed by atoms with Gasteiger partial charge in [0.1, 0.15) is 0 Å². The van der Waals surface area contributed by atoms with E-state index in [9.17, 15) is 4.79 Å². The number of nitrogens with zero attached hydrogens (tertiary/aromatic N) is 1. The van der Waals surface area contributed by atoms with Gasteiger partial charge in [0.15, 0.2) is 0 Å². The van der Waals surface area contributed by atoms with E-state index in [2.05, 4.69) is 11.8 Å². The van der Waals surface area contributed by atoms with Crippen molar-refractivity contribution in [3.63, 3.8) is 0 Å². The molecule has 2 heterocycles. The third kappa shape index (κ3) is 3.03. The summed E-state index contributed by atoms with van der Waals surface area (Å²) in [6, 6.07) is 2.18. The number of carboxylic acids is 1. The van der Waals surface area contributed by atoms with Crippen LogP contribution in [0.4, 0.5) is 0 Å². The van der Waals surface area contributed by atoms with E-state index in [1.54, 1.807) is 0 Å². The lowest BCUT2D eigenvalue weighted by Gasteiger charge is -2.43. The Morgan fingerprint density at radius 2 is 1.65 bits per heavy atom. The summed E-state index contributed by atoms with van der Waals surface area (Å²) in [5, 5.41) is 9.03. The third-order valence-electron chi connectivity index (χ3n) is 6.00. The Bertz CT molecular complexity index is 343. The first kappa shape index (κ1) is 14.4. The largest absolute Gasteiger partial charge is 0.481 e. The van der Waals surface area contributed by atoms with Crippen LogP contribution in [-0.2, 0) is 4.79 Å². The fraction of sp³-hybridized carbons (Fsp3) is 0.941. The van der Waals surface area contributed by atoms with Gasteiger partial charge in [-0.1, -0.05) is 19.8 Å². The summed E-state index contributed by atoms with van der Waals surface area (Å²) in [5.74, 6) is 0.735. The van der Waals surface area contributed by atoms with E-state index in [0.717, 1.165) is 24.8 Å². The number of carboxylic acid groups (broad SMARTS) is 1. The van der Waals surface area contributed by atoms with Crippen LogP contribution in [0.1, 0.15) is 71.1 Å². The Kier molecular flexibility index (Phi) is 4.34. The Labute approximate surface area is 122 Å². The smallest absolute Gasteiger partial charge is 0.303 e. The van der Waals surface area contributed by atoms with Crippen molar-refractivity contribution in [1.82, 2.24) is 4.90 Å². The topological polar surface area (TPSA) is 40.5 Å². The zero-order chi connectivity index (χ0) is 14.1. The SMILES string of the molecule is CC1CCCC(N2C3CCC2CC(CC(=O)O)C3)CC1. The fourth-order valence-corrected chi connectivity index (χ4v) is 5.10. The molecule has 3 nitrogen and oxygen atoms in total. The average molecular weight is 279 g/mol. The van der Waals surface area contributed by atoms with Crippen molar-refractivity contribution < 1.29 is 9.90 Å². The van der Waals surface area contributed by atoms with Gasteiger partial charge in [-0.2, -0.15) is 0 Å². The molecule has 0 amide bonds. The van der Waals surface area contributed by atoms with E-state index in [0.29, 0.717) is 24.4 Å². The maximum Gasteiger partial charge on any atom is 0.303 e. The van der Waals surface area contributed by atoms with Crippen LogP contribution in [0.3, 0.4) is 0 Å². The molecule has 0 spiro atoms. The number of aliphatic carboxylic acids is 1. The minimum Gasteiger partial charge on any atom is -0.481 e. The summed E-state index contributed by atoms with van der Waals surface area (Å²) in [4.78, 5) is 13.8. The summed E-state index contributed by atoms with van der Waals surface area (Å²) in [6.07, 6.45) is 12.2. The normalized spacial score (nSPS) is 42.4. The lowest BCUT2D eigenvalue weighted by atomic mass is 9.86. The van der Waals surface area contributed by atoms with E-state index < -0.39 is 5.97 Å². The molecule has 3 heteroatoms. The Morgan fingerprint density at radius 1 is 1.00 bits per heavy atom. The van der Waals surface area contributed by atoms with Crippen LogP contribution < -0.4 is 0 Å². The average Bonchev–Trinajstić information content (AvgIpc) is 2.57. The van der Waals surface area contributed by atoms with Crippen LogP contribution in [0.5, 0.6) is 0 Å². The number of hydrogen-bond donors (Lipinski definition) is 1. The minimum atomic E-state index is -0.605. The van der Waals surface area contributed by atoms with Crippen LogP contribution in [0, 0.1) is 11.8 Å². The van der Waals surface area contributed by atoms with Gasteiger partial charge in [-0.05, 0) is 56.8 Å². The zero-order valence-electron chi connectivity index (χ0n) is 12.8. The van der Waals surface area contributed by atoms with Gasteiger partial charge in [-0.25, -0.2) is 0 Å². The molecule has 3 aliphatic rings. The molecule has 0 radical (unpaired) electrons. The highest BCUT2D eigenvalue weighted by atomic mass is 16.4. The lowest BCUT2D eigenvalue weighted by molar-refractivity contribution is -0.138. The van der Waals surface area contributed by atoms with E-state index >= 15 is 0 Å². The highest BCUT2D eigenvalue weighted by Gasteiger charge is 2.44. The summed E-state index contributed by atoms with van der Waals surface area (Å²) >= 11 is 0. The summed E-state index contributed by atoms with van der Waals surface area (Å²) in [6.45, 7) is 2.40. The van der Waals surface area contributed by atoms with Crippen molar-refractivity contribution in [1.29, 1.82) is 0 Å². The molecule has 4 unspecified atom stereocenters. The molecule has 20 heavy (non-hydrogen) atoms. The van der Waals surface area contributed by atoms with Crippen LogP contribution in [0.2, 0.25) is 0 Å². The quantitative estimate of drug-likeness (QED) is 0.801. The van der Waals surface area contributed by atoms with Gasteiger partial charge in [0.25, 0.3) is 0 Å². The number of fused-ring (bicyclic) bond motifs is 2. The molecule has 2 aliphatic heterocycles. The van der Waals surface area contributed by atoms with Crippen molar-refractivity contribution in [2.24, 2.45) is 11.8 Å². The molecule has 1 saturated carbocycles. The molecule has 3 rings (SSSR count). The Hall–Kier alpha value is -0.570. The van der Waals surface area contributed by atoms with Gasteiger partial charge in [0.2, 0.25) is 0 Å². The molecule has 0 aromatic carbocycles. The molecule has 4 atom stereocenters. The second-order valence-electron chi connectivity index (χ2n) is 7.53. The summed E-state index contributed by atoms with van der Waals surface area (Å²) in [7, 11) is 0. The molecule has 0 aromatic rings. The molecular formula is C17H29NO2. The van der Waals surface area contributed by atoms with Crippen molar-refractivity contribution in [2.75, 3.05) is 0 Å². The van der Waals surface area contributed by atoms with E-state index in [1.807, 2.05) is 0 Å². The second-order valence-corrected chi connectivity index (χ2v) is 7.53. The second kappa shape index (κ2) is 6.05. The molecule has 2 bridgehead atoms. The van der Waals surface area contributed by atoms with Gasteiger partial charge in [-0.15, -0.1) is 0 Å². The summed E-state index contributed by atoms with van der Waals surface area (Å²) in [5.41, 5.74) is 0. The molecule has 1 N–H and O–H groups in total. The van der Waals surface area contributed by atoms with Crippen molar-refractivity contribution in [3.8, 4) is 0 Å². The van der Waals surface area contributed by atoms with Crippen molar-refractivity contribution >= 4 is 5.97 Å². The maximum absolute atomic E-state index is 11.0. The lowest BCUT2D eigenvalue weighted by Crippen LogP contribution is -2.49. The van der Waals surface area contributed by atoms with Crippen LogP contribution >= 0.6 is 0 Å². The number of hydrogen-bond acceptors (Lipinski definition) is 2. The first-order valence-corrected chi connectivity index (χ1v) is 8.62. The molecule has 1 aliphatic carbocycles. The molecule has 0 aromatic heterocycles. The number of carbonyl (C=O) groups is 1. The molecule has 3 fully saturated rings. The van der Waals surface area contributed by atoms with Gasteiger partial charge < -0.3 is 5.11 Å². The zero-order valence-corrected chi connectivity index (χ0v) is 12.8. The maximum atomic E-state index is 11.0. The monoisotopic (exact) mass is 279 g/mol. The van der Waals surface area contributed by atoms with E-state index in [-0.39, 0.29) is 0 Å². The first-order valence-electron chi connectivity index (χ1n) is 8.62. The molecule has 114 valence electrons. The fourth-order valence-electron chi connectivity index (χ4n) is 5.10. The number of rotatable bonds is 3. The van der Waals surface area contributed by atoms with Gasteiger partial charge in [-0.3, -0.25) is 9.69 Å². The molecule has 2 saturated heterocycles. The Balaban J connectivity index is 1.63. The summed E-state index contributed by atoms with van der Waals surface area (Å²) < 4.78 is 0. The molecular weight excluding hydrogens is 250 g/mol.